The highest BCUT2D eigenvalue weighted by Crippen LogP contribution is 2.33. The normalized spacial score (nSPS) is 16.2. The summed E-state index contributed by atoms with van der Waals surface area (Å²) in [7, 11) is -1.29. The molecule has 1 aliphatic heterocycles. The monoisotopic (exact) mass is 471 g/mol. The van der Waals surface area contributed by atoms with Crippen molar-refractivity contribution < 1.29 is 22.7 Å². The summed E-state index contributed by atoms with van der Waals surface area (Å²) in [6.45, 7) is 5.66. The van der Waals surface area contributed by atoms with Gasteiger partial charge in [-0.25, -0.2) is 18.2 Å². The van der Waals surface area contributed by atoms with Crippen molar-refractivity contribution in [1.82, 2.24) is 9.21 Å². The molecular formula is C24H29N3O5S. The van der Waals surface area contributed by atoms with Crippen LogP contribution in [0.5, 0.6) is 0 Å². The smallest absolute Gasteiger partial charge is 0.430 e. The number of carbonyl (C=O) groups excluding carboxylic acids is 1. The summed E-state index contributed by atoms with van der Waals surface area (Å²) in [5.41, 5.74) is 1.16. The van der Waals surface area contributed by atoms with Crippen LogP contribution < -0.4 is 0 Å². The second kappa shape index (κ2) is 10.1. The minimum Gasteiger partial charge on any atom is -0.480 e. The van der Waals surface area contributed by atoms with Gasteiger partial charge in [0.25, 0.3) is 10.0 Å². The van der Waals surface area contributed by atoms with Crippen molar-refractivity contribution in [2.45, 2.75) is 31.7 Å². The van der Waals surface area contributed by atoms with Crippen LogP contribution >= 0.6 is 0 Å². The molecule has 1 aliphatic rings. The number of sulfonamides is 1. The Morgan fingerprint density at radius 3 is 2.39 bits per heavy atom. The predicted octanol–water partition coefficient (Wildman–Crippen LogP) is 4.31. The number of nitrogens with zero attached hydrogens (tertiary/aromatic N) is 3. The number of aliphatic imine (C=N–C) groups is 1. The van der Waals surface area contributed by atoms with E-state index in [9.17, 15) is 13.2 Å². The largest absolute Gasteiger partial charge is 0.480 e. The zero-order valence-corrected chi connectivity index (χ0v) is 20.2. The number of hydrogen-bond acceptors (Lipinski definition) is 7. The quantitative estimate of drug-likeness (QED) is 0.598. The summed E-state index contributed by atoms with van der Waals surface area (Å²) < 4.78 is 39.4. The molecule has 1 unspecified atom stereocenters. The van der Waals surface area contributed by atoms with Crippen LogP contribution in [0.4, 0.5) is 4.79 Å². The Hall–Kier alpha value is -3.33. The van der Waals surface area contributed by atoms with Crippen LogP contribution in [0.1, 0.15) is 20.8 Å². The molecule has 1 atom stereocenters. The number of carbonyl (C=O) groups is 1. The zero-order chi connectivity index (χ0) is 24.2. The van der Waals surface area contributed by atoms with Gasteiger partial charge in [-0.1, -0.05) is 62.4 Å². The topological polar surface area (TPSA) is 88.5 Å². The summed E-state index contributed by atoms with van der Waals surface area (Å²) in [5.74, 6) is 0.00511. The fourth-order valence-electron chi connectivity index (χ4n) is 3.29. The lowest BCUT2D eigenvalue weighted by molar-refractivity contribution is 0.110. The number of ether oxygens (including phenoxy) is 2. The van der Waals surface area contributed by atoms with Gasteiger partial charge in [-0.3, -0.25) is 0 Å². The first-order valence-corrected chi connectivity index (χ1v) is 12.0. The van der Waals surface area contributed by atoms with Crippen LogP contribution in [0, 0.1) is 5.92 Å². The average Bonchev–Trinajstić information content (AvgIpc) is 2.80. The predicted molar refractivity (Wildman–Crippen MR) is 127 cm³/mol. The molecule has 33 heavy (non-hydrogen) atoms. The first kappa shape index (κ1) is 24.3. The van der Waals surface area contributed by atoms with E-state index in [-0.39, 0.29) is 35.2 Å². The molecule has 2 aromatic rings. The van der Waals surface area contributed by atoms with E-state index in [1.807, 2.05) is 51.1 Å². The van der Waals surface area contributed by atoms with Crippen LogP contribution in [-0.2, 0) is 19.5 Å². The lowest BCUT2D eigenvalue weighted by Gasteiger charge is -2.33. The van der Waals surface area contributed by atoms with Crippen molar-refractivity contribution in [1.29, 1.82) is 0 Å². The van der Waals surface area contributed by atoms with E-state index in [1.54, 1.807) is 36.4 Å². The Morgan fingerprint density at radius 1 is 1.12 bits per heavy atom. The van der Waals surface area contributed by atoms with Gasteiger partial charge < -0.3 is 14.4 Å². The van der Waals surface area contributed by atoms with Crippen molar-refractivity contribution in [3.63, 3.8) is 0 Å². The van der Waals surface area contributed by atoms with Crippen molar-refractivity contribution in [3.8, 4) is 11.1 Å². The highest BCUT2D eigenvalue weighted by atomic mass is 32.2. The van der Waals surface area contributed by atoms with Gasteiger partial charge in [0.2, 0.25) is 11.7 Å². The third-order valence-corrected chi connectivity index (χ3v) is 6.83. The number of methoxy groups -OCH3 is 1. The molecule has 8 nitrogen and oxygen atoms in total. The van der Waals surface area contributed by atoms with Crippen molar-refractivity contribution in [3.05, 3.63) is 66.3 Å². The van der Waals surface area contributed by atoms with E-state index in [0.717, 1.165) is 0 Å². The molecule has 3 rings (SSSR count). The van der Waals surface area contributed by atoms with Crippen LogP contribution in [0.25, 0.3) is 11.1 Å². The molecule has 0 fully saturated rings. The van der Waals surface area contributed by atoms with Gasteiger partial charge in [0.15, 0.2) is 0 Å². The Bertz CT molecular complexity index is 1160. The fraction of sp³-hybridized carbons (Fsp3) is 0.333. The van der Waals surface area contributed by atoms with Crippen LogP contribution in [0.15, 0.2) is 76.2 Å². The van der Waals surface area contributed by atoms with Crippen LogP contribution in [-0.4, -0.2) is 56.7 Å². The Kier molecular flexibility index (Phi) is 7.43. The zero-order valence-electron chi connectivity index (χ0n) is 19.4. The lowest BCUT2D eigenvalue weighted by Crippen LogP contribution is -2.43. The number of amides is 1. The lowest BCUT2D eigenvalue weighted by atomic mass is 10.1. The van der Waals surface area contributed by atoms with Crippen LogP contribution in [0.2, 0.25) is 0 Å². The van der Waals surface area contributed by atoms with Gasteiger partial charge in [-0.2, -0.15) is 0 Å². The molecular weight excluding hydrogens is 442 g/mol. The van der Waals surface area contributed by atoms with Crippen molar-refractivity contribution >= 4 is 22.3 Å². The first-order valence-electron chi connectivity index (χ1n) is 10.6. The summed E-state index contributed by atoms with van der Waals surface area (Å²) >= 11 is 0. The Labute approximate surface area is 195 Å². The minimum atomic E-state index is -4.43. The Morgan fingerprint density at radius 2 is 1.76 bits per heavy atom. The second-order valence-corrected chi connectivity index (χ2v) is 9.82. The van der Waals surface area contributed by atoms with E-state index in [0.29, 0.717) is 15.4 Å². The molecule has 0 radical (unpaired) electrons. The number of rotatable bonds is 7. The highest BCUT2D eigenvalue weighted by molar-refractivity contribution is 7.90. The van der Waals surface area contributed by atoms with Crippen LogP contribution in [0.3, 0.4) is 0 Å². The second-order valence-electron chi connectivity index (χ2n) is 8.06. The molecule has 9 heteroatoms. The molecule has 0 spiro atoms. The van der Waals surface area contributed by atoms with E-state index in [4.69, 9.17) is 9.47 Å². The van der Waals surface area contributed by atoms with Gasteiger partial charge in [0.1, 0.15) is 0 Å². The highest BCUT2D eigenvalue weighted by Gasteiger charge is 2.40. The van der Waals surface area contributed by atoms with Crippen molar-refractivity contribution in [2.24, 2.45) is 10.9 Å². The third-order valence-electron chi connectivity index (χ3n) is 5.12. The third kappa shape index (κ3) is 5.03. The molecule has 0 aromatic heterocycles. The minimum absolute atomic E-state index is 0.0172. The van der Waals surface area contributed by atoms with E-state index < -0.39 is 16.1 Å². The number of hydrogen-bond donors (Lipinski definition) is 0. The summed E-state index contributed by atoms with van der Waals surface area (Å²) in [6, 6.07) is 15.5. The Balaban J connectivity index is 2.21. The molecule has 1 heterocycles. The summed E-state index contributed by atoms with van der Waals surface area (Å²) in [5, 5.41) is 0. The van der Waals surface area contributed by atoms with Gasteiger partial charge in [0.05, 0.1) is 24.7 Å². The first-order chi connectivity index (χ1) is 15.7. The molecule has 0 bridgehead atoms. The van der Waals surface area contributed by atoms with Gasteiger partial charge >= 0.3 is 6.09 Å². The van der Waals surface area contributed by atoms with E-state index in [1.165, 1.54) is 13.2 Å². The maximum atomic E-state index is 14.0. The maximum absolute atomic E-state index is 14.0. The fourth-order valence-corrected chi connectivity index (χ4v) is 4.80. The van der Waals surface area contributed by atoms with Gasteiger partial charge in [-0.15, -0.1) is 4.31 Å². The molecule has 176 valence electrons. The van der Waals surface area contributed by atoms with Crippen molar-refractivity contribution in [2.75, 3.05) is 20.8 Å². The summed E-state index contributed by atoms with van der Waals surface area (Å²) in [4.78, 5) is 19.2. The molecule has 0 saturated heterocycles. The number of benzene rings is 2. The standard InChI is InChI=1S/C24H29N3O5S/c1-17(2)16-32-24(28)27(22-23(31-5)26(4)18(3)15-25-22)33(29,30)21-14-10-9-13-20(21)19-11-7-6-8-12-19/h6-15,17-18H,16H2,1-5H3. The molecule has 0 saturated carbocycles. The maximum Gasteiger partial charge on any atom is 0.430 e. The molecule has 0 aliphatic carbocycles. The molecule has 2 aromatic carbocycles. The molecule has 0 N–H and O–H groups in total. The van der Waals surface area contributed by atoms with Gasteiger partial charge in [0, 0.05) is 18.8 Å². The SMILES string of the molecule is COC1=C(N(C(=O)OCC(C)C)S(=O)(=O)c2ccccc2-c2ccccc2)N=CC(C)N1C. The average molecular weight is 472 g/mol. The van der Waals surface area contributed by atoms with E-state index >= 15 is 0 Å². The van der Waals surface area contributed by atoms with Gasteiger partial charge in [-0.05, 0) is 24.5 Å². The van der Waals surface area contributed by atoms with E-state index in [2.05, 4.69) is 4.99 Å². The molecule has 1 amide bonds. The summed E-state index contributed by atoms with van der Waals surface area (Å²) in [6.07, 6.45) is 0.510.